The number of aromatic nitrogens is 4. The molecular weight excluding hydrogens is 1090 g/mol. The summed E-state index contributed by atoms with van der Waals surface area (Å²) in [6.45, 7) is 14.1. The highest BCUT2D eigenvalue weighted by Gasteiger charge is 2.56. The molecule has 0 spiro atoms. The summed E-state index contributed by atoms with van der Waals surface area (Å²) < 4.78 is 70.4. The van der Waals surface area contributed by atoms with Gasteiger partial charge >= 0.3 is 23.5 Å². The number of hydrogen-bond donors (Lipinski definition) is 13. The highest BCUT2D eigenvalue weighted by atomic mass is 31.2. The molecule has 6 heterocycles. The summed E-state index contributed by atoms with van der Waals surface area (Å²) in [6, 6.07) is -0.763. The Hall–Kier alpha value is -4.14. The SMILES string of the molecule is C.C=C1NC(=O)C=CN1[C@@H]1C[C@H](COP(=O)(O)O)[C@@H](O)C1O.C=C1NC(=O)C=CN1[C@@H]1C[C@H](COP(=O)(O)O)[C@H]2OC(C)(C)OC12.CCCCOCCCNc1ncnc2c1ncn2[C@@H]1O[C@H](COP(=O)(O)O)[C@@H](O)[C@H]1O. The van der Waals surface area contributed by atoms with Crippen molar-refractivity contribution in [1.82, 2.24) is 40.0 Å². The molecule has 2 saturated carbocycles. The molecule has 8 rings (SSSR count). The maximum atomic E-state index is 11.4. The van der Waals surface area contributed by atoms with E-state index in [1.807, 2.05) is 0 Å². The summed E-state index contributed by atoms with van der Waals surface area (Å²) in [4.78, 5) is 91.4. The van der Waals surface area contributed by atoms with Crippen molar-refractivity contribution in [3.63, 3.8) is 0 Å². The van der Waals surface area contributed by atoms with Crippen LogP contribution in [0.3, 0.4) is 0 Å². The van der Waals surface area contributed by atoms with Crippen molar-refractivity contribution < 1.29 is 106 Å². The van der Waals surface area contributed by atoms with Gasteiger partial charge in [-0.15, -0.1) is 0 Å². The number of rotatable bonds is 20. The Balaban J connectivity index is 0.000000216. The maximum Gasteiger partial charge on any atom is 0.469 e. The molecular formula is C43H70N9O22P3. The molecule has 0 bridgehead atoms. The smallest absolute Gasteiger partial charge is 0.390 e. The molecule has 34 heteroatoms. The molecule has 2 aromatic rings. The first-order valence-corrected chi connectivity index (χ1v) is 28.4. The van der Waals surface area contributed by atoms with E-state index in [1.54, 1.807) is 24.9 Å². The molecule has 77 heavy (non-hydrogen) atoms. The van der Waals surface area contributed by atoms with Crippen LogP contribution in [-0.2, 0) is 55.8 Å². The lowest BCUT2D eigenvalue weighted by molar-refractivity contribution is -0.162. The van der Waals surface area contributed by atoms with Crippen molar-refractivity contribution in [2.75, 3.05) is 44.9 Å². The zero-order valence-corrected chi connectivity index (χ0v) is 44.2. The van der Waals surface area contributed by atoms with Crippen LogP contribution < -0.4 is 16.0 Å². The number of anilines is 1. The molecule has 4 fully saturated rings. The molecule has 2 saturated heterocycles. The molecule has 0 radical (unpaired) electrons. The van der Waals surface area contributed by atoms with Gasteiger partial charge in [-0.1, -0.05) is 33.9 Å². The number of ether oxygens (including phenoxy) is 4. The molecule has 6 aliphatic rings. The van der Waals surface area contributed by atoms with Gasteiger partial charge in [0, 0.05) is 56.1 Å². The number of fused-ring (bicyclic) bond motifs is 2. The van der Waals surface area contributed by atoms with Crippen LogP contribution in [0.4, 0.5) is 5.82 Å². The Morgan fingerprint density at radius 2 is 1.29 bits per heavy atom. The minimum Gasteiger partial charge on any atom is -0.390 e. The van der Waals surface area contributed by atoms with E-state index in [0.29, 0.717) is 42.4 Å². The average Bonchev–Trinajstić information content (AvgIpc) is 4.12. The minimum atomic E-state index is -4.74. The van der Waals surface area contributed by atoms with Crippen molar-refractivity contribution in [2.45, 2.75) is 127 Å². The number of phosphoric ester groups is 3. The van der Waals surface area contributed by atoms with E-state index < -0.39 is 84.6 Å². The van der Waals surface area contributed by atoms with Crippen molar-refractivity contribution in [2.24, 2.45) is 11.8 Å². The summed E-state index contributed by atoms with van der Waals surface area (Å²) in [5, 5.41) is 48.8. The normalized spacial score (nSPS) is 29.8. The number of nitrogens with zero attached hydrogens (tertiary/aromatic N) is 6. The zero-order chi connectivity index (χ0) is 55.9. The first-order chi connectivity index (χ1) is 35.6. The highest BCUT2D eigenvalue weighted by Crippen LogP contribution is 2.47. The van der Waals surface area contributed by atoms with Crippen molar-refractivity contribution in [3.8, 4) is 0 Å². The fraction of sp³-hybridized carbons (Fsp3) is 0.651. The number of phosphoric acid groups is 3. The lowest BCUT2D eigenvalue weighted by atomic mass is 10.1. The molecule has 2 amide bonds. The maximum absolute atomic E-state index is 11.4. The van der Waals surface area contributed by atoms with Gasteiger partial charge in [-0.05, 0) is 39.5 Å². The number of unbranched alkanes of at least 4 members (excludes halogenated alkanes) is 1. The number of carbonyl (C=O) groups is 2. The molecule has 13 N–H and O–H groups in total. The standard InChI is InChI=1S/C17H28N5O8P.C14H21N2O7P.C11H17N2O7P.CH4/c1-2-3-6-28-7-4-5-18-15-12-16(20-9-19-15)22(10-21-12)17-14(24)13(23)11(30-17)8-29-31(25,26)27;1-8-15-11(17)4-5-16(8)10-6-9(7-21-24(18,19)20)12-13(10)23-14(2,3)22-12;1-6-12-9(14)2-3-13(6)8-4-7(10(15)11(8)16)5-20-21(17,18)19;/h9-11,13-14,17,23-24H,2-8H2,1H3,(H,18,19,20)(H2,25,26,27);4-5,9-10,12-13H,1,6-7H2,2-3H3,(H,15,17)(H2,18,19,20);2-3,7-8,10-11,15-16H,1,4-5H2,(H,12,14)(H2,17,18,19);1H4/t11-,13-,14-,17-;9-,10-,12-,13?;7-,8-,10-,11?;/m111./s1. The number of imidazole rings is 1. The number of aliphatic hydroxyl groups excluding tert-OH is 4. The van der Waals surface area contributed by atoms with E-state index in [-0.39, 0.29) is 68.9 Å². The summed E-state index contributed by atoms with van der Waals surface area (Å²) in [7, 11) is -13.9. The molecule has 0 aromatic carbocycles. The molecule has 2 aromatic heterocycles. The van der Waals surface area contributed by atoms with Crippen molar-refractivity contribution in [1.29, 1.82) is 0 Å². The van der Waals surface area contributed by atoms with Gasteiger partial charge in [0.25, 0.3) is 11.8 Å². The Bertz CT molecular complexity index is 2580. The number of nitrogens with one attached hydrogen (secondary N) is 3. The largest absolute Gasteiger partial charge is 0.469 e. The van der Waals surface area contributed by atoms with Crippen LogP contribution in [0.15, 0.2) is 62.0 Å². The van der Waals surface area contributed by atoms with Gasteiger partial charge in [0.05, 0.1) is 50.4 Å². The quantitative estimate of drug-likeness (QED) is 0.0606. The predicted molar refractivity (Wildman–Crippen MR) is 267 cm³/mol. The third kappa shape index (κ3) is 17.4. The molecule has 4 aliphatic heterocycles. The summed E-state index contributed by atoms with van der Waals surface area (Å²) in [5.74, 6) is -1.11. The van der Waals surface area contributed by atoms with Crippen LogP contribution in [-0.4, -0.2) is 191 Å². The Morgan fingerprint density at radius 3 is 1.87 bits per heavy atom. The van der Waals surface area contributed by atoms with E-state index in [9.17, 15) is 43.7 Å². The summed E-state index contributed by atoms with van der Waals surface area (Å²) in [6.07, 6.45) is 4.05. The highest BCUT2D eigenvalue weighted by molar-refractivity contribution is 7.46. The first-order valence-electron chi connectivity index (χ1n) is 23.8. The van der Waals surface area contributed by atoms with E-state index in [1.165, 1.54) is 40.5 Å². The number of carbonyl (C=O) groups excluding carboxylic acids is 2. The van der Waals surface area contributed by atoms with Crippen LogP contribution in [0.25, 0.3) is 11.2 Å². The van der Waals surface area contributed by atoms with E-state index in [0.717, 1.165) is 25.9 Å². The van der Waals surface area contributed by atoms with Crippen LogP contribution in [0.5, 0.6) is 0 Å². The minimum absolute atomic E-state index is 0. The summed E-state index contributed by atoms with van der Waals surface area (Å²) >= 11 is 0. The van der Waals surface area contributed by atoms with Gasteiger partial charge in [0.15, 0.2) is 29.0 Å². The monoisotopic (exact) mass is 1160 g/mol. The molecule has 12 atom stereocenters. The van der Waals surface area contributed by atoms with Crippen LogP contribution in [0.1, 0.15) is 66.5 Å². The predicted octanol–water partition coefficient (Wildman–Crippen LogP) is -0.147. The van der Waals surface area contributed by atoms with Crippen molar-refractivity contribution in [3.05, 3.63) is 62.0 Å². The Labute approximate surface area is 442 Å². The number of aliphatic hydroxyl groups is 4. The third-order valence-electron chi connectivity index (χ3n) is 12.7. The zero-order valence-electron chi connectivity index (χ0n) is 41.5. The summed E-state index contributed by atoms with van der Waals surface area (Å²) in [5.41, 5.74) is 0.819. The van der Waals surface area contributed by atoms with Gasteiger partial charge in [0.2, 0.25) is 0 Å². The third-order valence-corrected chi connectivity index (χ3v) is 14.1. The van der Waals surface area contributed by atoms with E-state index in [2.05, 4.69) is 64.6 Å². The van der Waals surface area contributed by atoms with Gasteiger partial charge in [-0.25, -0.2) is 28.6 Å². The lowest BCUT2D eigenvalue weighted by Gasteiger charge is -2.34. The van der Waals surface area contributed by atoms with Crippen LogP contribution >= 0.6 is 23.5 Å². The van der Waals surface area contributed by atoms with Gasteiger partial charge in [-0.2, -0.15) is 0 Å². The molecule has 31 nitrogen and oxygen atoms in total. The Kier molecular flexibility index (Phi) is 22.2. The fourth-order valence-corrected chi connectivity index (χ4v) is 10.3. The van der Waals surface area contributed by atoms with Crippen LogP contribution in [0, 0.1) is 11.8 Å². The van der Waals surface area contributed by atoms with E-state index >= 15 is 0 Å². The lowest BCUT2D eigenvalue weighted by Crippen LogP contribution is -2.45. The number of amides is 2. The van der Waals surface area contributed by atoms with Gasteiger partial charge in [-0.3, -0.25) is 27.7 Å². The second kappa shape index (κ2) is 26.9. The Morgan fingerprint density at radius 1 is 0.740 bits per heavy atom. The topological polar surface area (TPSA) is 438 Å². The molecule has 2 unspecified atom stereocenters. The van der Waals surface area contributed by atoms with Gasteiger partial charge < -0.3 is 94.5 Å². The second-order valence-corrected chi connectivity index (χ2v) is 22.4. The van der Waals surface area contributed by atoms with Crippen LogP contribution in [0.2, 0.25) is 0 Å². The second-order valence-electron chi connectivity index (χ2n) is 18.7. The molecule has 434 valence electrons. The number of hydrogen-bond acceptors (Lipinski definition) is 22. The molecule has 2 aliphatic carbocycles. The van der Waals surface area contributed by atoms with Gasteiger partial charge in [0.1, 0.15) is 48.5 Å². The fourth-order valence-electron chi connectivity index (χ4n) is 9.18. The van der Waals surface area contributed by atoms with Crippen molar-refractivity contribution >= 4 is 52.3 Å². The van der Waals surface area contributed by atoms with E-state index in [4.69, 9.17) is 48.3 Å². The average molecular weight is 1160 g/mol. The first kappa shape index (κ1) is 63.7.